The molecule has 0 aromatic rings. The molecule has 76 valence electrons. The first-order chi connectivity index (χ1) is 5.71. The normalized spacial score (nSPS) is 19.7. The van der Waals surface area contributed by atoms with Crippen LogP contribution in [0.1, 0.15) is 0 Å². The predicted molar refractivity (Wildman–Crippen MR) is 46.9 cm³/mol. The third kappa shape index (κ3) is 2.55. The molecule has 8 nitrogen and oxygen atoms in total. The molecule has 11 heteroatoms. The minimum atomic E-state index is -3.98. The number of hydrazine groups is 1. The van der Waals surface area contributed by atoms with Gasteiger partial charge in [0, 0.05) is 18.1 Å². The molecule has 1 rings (SSSR count). The summed E-state index contributed by atoms with van der Waals surface area (Å²) in [5.41, 5.74) is 2.12. The SMILES string of the molecule is NS(=O)(=O)C1=CNN(S(N)(=O)=O)S1. The molecule has 5 N–H and O–H groups in total. The van der Waals surface area contributed by atoms with E-state index in [0.717, 1.165) is 6.20 Å². The average Bonchev–Trinajstić information content (AvgIpc) is 2.28. The number of rotatable bonds is 2. The Bertz CT molecular complexity index is 434. The molecule has 0 saturated heterocycles. The van der Waals surface area contributed by atoms with Crippen molar-refractivity contribution in [2.24, 2.45) is 10.3 Å². The highest BCUT2D eigenvalue weighted by atomic mass is 32.3. The molecule has 0 bridgehead atoms. The van der Waals surface area contributed by atoms with Crippen LogP contribution in [0.15, 0.2) is 10.4 Å². The Balaban J connectivity index is 2.86. The van der Waals surface area contributed by atoms with Crippen LogP contribution in [0.3, 0.4) is 0 Å². The van der Waals surface area contributed by atoms with Gasteiger partial charge >= 0.3 is 10.2 Å². The van der Waals surface area contributed by atoms with Crippen LogP contribution in [0.4, 0.5) is 0 Å². The Morgan fingerprint density at radius 3 is 2.08 bits per heavy atom. The second kappa shape index (κ2) is 3.11. The van der Waals surface area contributed by atoms with E-state index in [-0.39, 0.29) is 4.24 Å². The number of sulfonamides is 1. The zero-order valence-corrected chi connectivity index (χ0v) is 8.49. The summed E-state index contributed by atoms with van der Waals surface area (Å²) in [6.45, 7) is 0. The van der Waals surface area contributed by atoms with E-state index in [1.165, 1.54) is 0 Å². The Labute approximate surface area is 79.3 Å². The van der Waals surface area contributed by atoms with E-state index in [1.54, 1.807) is 0 Å². The van der Waals surface area contributed by atoms with Gasteiger partial charge in [-0.1, -0.05) is 0 Å². The molecule has 0 aromatic carbocycles. The molecule has 0 spiro atoms. The number of nitrogens with zero attached hydrogens (tertiary/aromatic N) is 1. The highest BCUT2D eigenvalue weighted by Gasteiger charge is 2.29. The summed E-state index contributed by atoms with van der Waals surface area (Å²) in [5, 5.41) is 9.42. The van der Waals surface area contributed by atoms with Crippen molar-refractivity contribution in [3.05, 3.63) is 10.4 Å². The Hall–Kier alpha value is -0.330. The van der Waals surface area contributed by atoms with Crippen LogP contribution in [0.25, 0.3) is 0 Å². The van der Waals surface area contributed by atoms with Crippen molar-refractivity contribution < 1.29 is 16.8 Å². The van der Waals surface area contributed by atoms with Crippen LogP contribution in [-0.2, 0) is 20.2 Å². The molecule has 0 unspecified atom stereocenters. The van der Waals surface area contributed by atoms with Gasteiger partial charge in [0.15, 0.2) is 0 Å². The standard InChI is InChI=1S/C2H6N4O4S3/c3-12(7,8)2-1-5-6(11-2)13(4,9)10/h1,5H,(H2,3,7,8)(H2,4,9,10). The van der Waals surface area contributed by atoms with E-state index < -0.39 is 20.2 Å². The minimum Gasteiger partial charge on any atom is -0.300 e. The van der Waals surface area contributed by atoms with Gasteiger partial charge < -0.3 is 0 Å². The molecule has 0 amide bonds. The fourth-order valence-electron chi connectivity index (χ4n) is 0.499. The van der Waals surface area contributed by atoms with Gasteiger partial charge in [-0.25, -0.2) is 18.7 Å². The maximum absolute atomic E-state index is 10.7. The van der Waals surface area contributed by atoms with Gasteiger partial charge in [-0.3, -0.25) is 5.43 Å². The molecule has 1 heterocycles. The first-order valence-corrected chi connectivity index (χ1v) is 6.54. The topological polar surface area (TPSA) is 136 Å². The highest BCUT2D eigenvalue weighted by molar-refractivity contribution is 8.20. The third-order valence-electron chi connectivity index (χ3n) is 0.972. The fourth-order valence-corrected chi connectivity index (χ4v) is 2.73. The number of primary sulfonamides is 1. The molecule has 0 fully saturated rings. The molecule has 1 aliphatic heterocycles. The summed E-state index contributed by atoms with van der Waals surface area (Å²) in [6.07, 6.45) is 0.935. The Morgan fingerprint density at radius 1 is 1.31 bits per heavy atom. The summed E-state index contributed by atoms with van der Waals surface area (Å²) >= 11 is 0.382. The molecule has 0 atom stereocenters. The van der Waals surface area contributed by atoms with Gasteiger partial charge in [-0.05, 0) is 3.82 Å². The lowest BCUT2D eigenvalue weighted by Crippen LogP contribution is -2.36. The van der Waals surface area contributed by atoms with E-state index in [1.807, 2.05) is 0 Å². The average molecular weight is 246 g/mol. The van der Waals surface area contributed by atoms with Gasteiger partial charge in [0.25, 0.3) is 0 Å². The fraction of sp³-hybridized carbons (Fsp3) is 0. The molecule has 1 aliphatic rings. The lowest BCUT2D eigenvalue weighted by molar-refractivity contribution is 0.521. The second-order valence-electron chi connectivity index (χ2n) is 2.00. The molecular weight excluding hydrogens is 240 g/mol. The van der Waals surface area contributed by atoms with Gasteiger partial charge in [0.2, 0.25) is 10.0 Å². The number of nitrogens with one attached hydrogen (secondary N) is 1. The van der Waals surface area contributed by atoms with Crippen LogP contribution in [0.2, 0.25) is 0 Å². The van der Waals surface area contributed by atoms with Crippen LogP contribution in [0.5, 0.6) is 0 Å². The molecule has 0 saturated carbocycles. The lowest BCUT2D eigenvalue weighted by atomic mass is 11.1. The quantitative estimate of drug-likeness (QED) is 0.471. The van der Waals surface area contributed by atoms with Gasteiger partial charge in [-0.2, -0.15) is 8.42 Å². The van der Waals surface area contributed by atoms with Crippen LogP contribution in [0, 0.1) is 0 Å². The van der Waals surface area contributed by atoms with Gasteiger partial charge in [-0.15, -0.1) is 0 Å². The summed E-state index contributed by atoms with van der Waals surface area (Å²) in [6, 6.07) is 0. The van der Waals surface area contributed by atoms with Crippen molar-refractivity contribution in [1.82, 2.24) is 9.25 Å². The molecule has 0 radical (unpaired) electrons. The first-order valence-electron chi connectivity index (χ1n) is 2.71. The summed E-state index contributed by atoms with van der Waals surface area (Å²) < 4.78 is 42.9. The van der Waals surface area contributed by atoms with E-state index in [4.69, 9.17) is 10.3 Å². The molecular formula is C2H6N4O4S3. The minimum absolute atomic E-state index is 0.318. The molecule has 0 aromatic heterocycles. The van der Waals surface area contributed by atoms with Gasteiger partial charge in [0.05, 0.1) is 0 Å². The third-order valence-corrected chi connectivity index (χ3v) is 4.56. The Kier molecular flexibility index (Phi) is 2.57. The van der Waals surface area contributed by atoms with Crippen LogP contribution < -0.4 is 15.7 Å². The summed E-state index contributed by atoms with van der Waals surface area (Å²) in [5.74, 6) is 0. The van der Waals surface area contributed by atoms with E-state index >= 15 is 0 Å². The number of nitrogens with two attached hydrogens (primary N) is 2. The maximum atomic E-state index is 10.7. The molecule has 13 heavy (non-hydrogen) atoms. The Morgan fingerprint density at radius 2 is 1.85 bits per heavy atom. The van der Waals surface area contributed by atoms with Crippen LogP contribution in [-0.4, -0.2) is 20.7 Å². The summed E-state index contributed by atoms with van der Waals surface area (Å²) in [7, 11) is -7.88. The molecule has 0 aliphatic carbocycles. The van der Waals surface area contributed by atoms with Crippen molar-refractivity contribution in [3.63, 3.8) is 0 Å². The number of hydrogen-bond acceptors (Lipinski definition) is 6. The second-order valence-corrected chi connectivity index (χ2v) is 6.40. The zero-order chi connectivity index (χ0) is 10.3. The van der Waals surface area contributed by atoms with Crippen molar-refractivity contribution >= 4 is 32.2 Å². The maximum Gasteiger partial charge on any atom is 0.304 e. The van der Waals surface area contributed by atoms with Crippen molar-refractivity contribution in [3.8, 4) is 0 Å². The number of hydrogen-bond donors (Lipinski definition) is 3. The van der Waals surface area contributed by atoms with Gasteiger partial charge in [0.1, 0.15) is 4.24 Å². The lowest BCUT2D eigenvalue weighted by Gasteiger charge is -2.09. The van der Waals surface area contributed by atoms with E-state index in [2.05, 4.69) is 5.43 Å². The largest absolute Gasteiger partial charge is 0.304 e. The predicted octanol–water partition coefficient (Wildman–Crippen LogP) is -2.25. The highest BCUT2D eigenvalue weighted by Crippen LogP contribution is 2.28. The van der Waals surface area contributed by atoms with Crippen molar-refractivity contribution in [2.75, 3.05) is 0 Å². The summed E-state index contributed by atoms with van der Waals surface area (Å²) in [4.78, 5) is 0. The van der Waals surface area contributed by atoms with Crippen molar-refractivity contribution in [2.45, 2.75) is 0 Å². The zero-order valence-electron chi connectivity index (χ0n) is 6.04. The van der Waals surface area contributed by atoms with E-state index in [9.17, 15) is 16.8 Å². The first kappa shape index (κ1) is 10.7. The van der Waals surface area contributed by atoms with E-state index in [0.29, 0.717) is 15.8 Å². The monoisotopic (exact) mass is 246 g/mol. The smallest absolute Gasteiger partial charge is 0.300 e. The van der Waals surface area contributed by atoms with Crippen molar-refractivity contribution in [1.29, 1.82) is 0 Å². The van der Waals surface area contributed by atoms with Crippen LogP contribution >= 0.6 is 11.9 Å².